The van der Waals surface area contributed by atoms with E-state index in [1.165, 1.54) is 51.9 Å². The van der Waals surface area contributed by atoms with Crippen LogP contribution in [-0.2, 0) is 17.8 Å². The van der Waals surface area contributed by atoms with Gasteiger partial charge < -0.3 is 9.47 Å². The van der Waals surface area contributed by atoms with Gasteiger partial charge in [-0.1, -0.05) is 72.6 Å². The third-order valence-electron chi connectivity index (χ3n) is 8.22. The van der Waals surface area contributed by atoms with Gasteiger partial charge >= 0.3 is 5.97 Å². The van der Waals surface area contributed by atoms with E-state index in [0.29, 0.717) is 23.7 Å². The number of hydrogen-bond acceptors (Lipinski definition) is 5. The zero-order valence-electron chi connectivity index (χ0n) is 24.7. The van der Waals surface area contributed by atoms with Gasteiger partial charge in [0.2, 0.25) is 6.54 Å². The molecule has 1 heterocycles. The predicted molar refractivity (Wildman–Crippen MR) is 150 cm³/mol. The summed E-state index contributed by atoms with van der Waals surface area (Å²) in [5.74, 6) is 2.96. The fourth-order valence-corrected chi connectivity index (χ4v) is 5.71. The van der Waals surface area contributed by atoms with Gasteiger partial charge in [-0.05, 0) is 75.3 Å². The van der Waals surface area contributed by atoms with Crippen molar-refractivity contribution in [2.24, 2.45) is 17.8 Å². The number of carbonyl (C=O) groups excluding carboxylic acids is 1. The number of nitro groups is 1. The van der Waals surface area contributed by atoms with E-state index in [1.807, 2.05) is 13.8 Å². The summed E-state index contributed by atoms with van der Waals surface area (Å²) in [5, 5.41) is 11.4. The molecule has 6 nitrogen and oxygen atoms in total. The summed E-state index contributed by atoms with van der Waals surface area (Å²) < 4.78 is 12.0. The molecule has 1 aromatic carbocycles. The van der Waals surface area contributed by atoms with Crippen molar-refractivity contribution in [1.82, 2.24) is 0 Å². The summed E-state index contributed by atoms with van der Waals surface area (Å²) in [6, 6.07) is 0. The Kier molecular flexibility index (Phi) is 11.9. The Morgan fingerprint density at radius 2 is 1.57 bits per heavy atom. The Bertz CT molecular complexity index is 925. The molecule has 210 valence electrons. The number of fused-ring (bicyclic) bond motifs is 1. The minimum absolute atomic E-state index is 0.288. The molecule has 6 heteroatoms. The van der Waals surface area contributed by atoms with E-state index in [4.69, 9.17) is 9.47 Å². The molecule has 0 saturated heterocycles. The van der Waals surface area contributed by atoms with Crippen LogP contribution in [0.25, 0.3) is 0 Å². The molecule has 3 atom stereocenters. The summed E-state index contributed by atoms with van der Waals surface area (Å²) in [5.41, 5.74) is 2.66. The van der Waals surface area contributed by atoms with E-state index in [0.717, 1.165) is 53.5 Å². The third kappa shape index (κ3) is 9.61. The number of ether oxygens (including phenoxy) is 2. The van der Waals surface area contributed by atoms with Crippen LogP contribution < -0.4 is 9.47 Å². The van der Waals surface area contributed by atoms with Gasteiger partial charge in [0.05, 0.1) is 5.56 Å². The summed E-state index contributed by atoms with van der Waals surface area (Å²) in [7, 11) is 0. The maximum absolute atomic E-state index is 11.7. The first-order valence-corrected chi connectivity index (χ1v) is 14.5. The molecule has 0 bridgehead atoms. The van der Waals surface area contributed by atoms with E-state index in [1.54, 1.807) is 0 Å². The predicted octanol–water partition coefficient (Wildman–Crippen LogP) is 8.53. The lowest BCUT2D eigenvalue weighted by molar-refractivity contribution is -0.497. The molecule has 1 aliphatic rings. The summed E-state index contributed by atoms with van der Waals surface area (Å²) in [6.45, 7) is 16.3. The number of benzene rings is 1. The van der Waals surface area contributed by atoms with Gasteiger partial charge in [-0.3, -0.25) is 14.9 Å². The van der Waals surface area contributed by atoms with Crippen molar-refractivity contribution >= 4 is 5.97 Å². The Balaban J connectivity index is 1.94. The van der Waals surface area contributed by atoms with E-state index >= 15 is 0 Å². The Hall–Kier alpha value is -2.11. The first-order chi connectivity index (χ1) is 17.3. The molecule has 0 aliphatic carbocycles. The van der Waals surface area contributed by atoms with E-state index in [9.17, 15) is 14.9 Å². The average molecular weight is 518 g/mol. The second-order valence-corrected chi connectivity index (χ2v) is 12.4. The lowest BCUT2D eigenvalue weighted by atomic mass is 9.83. The van der Waals surface area contributed by atoms with Crippen LogP contribution in [0, 0.1) is 41.7 Å². The first-order valence-electron chi connectivity index (χ1n) is 14.5. The molecule has 0 spiro atoms. The molecule has 0 saturated carbocycles. The molecule has 0 radical (unpaired) electrons. The van der Waals surface area contributed by atoms with Crippen LogP contribution in [0.5, 0.6) is 11.5 Å². The highest BCUT2D eigenvalue weighted by Gasteiger charge is 2.36. The van der Waals surface area contributed by atoms with Crippen molar-refractivity contribution in [3.05, 3.63) is 32.4 Å². The van der Waals surface area contributed by atoms with Crippen LogP contribution in [-0.4, -0.2) is 16.5 Å². The largest absolute Gasteiger partial charge is 0.487 e. The van der Waals surface area contributed by atoms with Gasteiger partial charge in [0, 0.05) is 17.4 Å². The summed E-state index contributed by atoms with van der Waals surface area (Å²) in [6.07, 6.45) is 12.8. The van der Waals surface area contributed by atoms with Gasteiger partial charge in [0.15, 0.2) is 0 Å². The highest BCUT2D eigenvalue weighted by molar-refractivity contribution is 5.72. The number of rotatable bonds is 15. The van der Waals surface area contributed by atoms with Gasteiger partial charge in [0.25, 0.3) is 0 Å². The Labute approximate surface area is 225 Å². The van der Waals surface area contributed by atoms with Crippen molar-refractivity contribution in [2.75, 3.05) is 0 Å². The molecular weight excluding hydrogens is 466 g/mol. The minimum atomic E-state index is -0.469. The molecule has 3 unspecified atom stereocenters. The van der Waals surface area contributed by atoms with Crippen LogP contribution in [0.4, 0.5) is 0 Å². The topological polar surface area (TPSA) is 78.7 Å². The maximum atomic E-state index is 11.7. The smallest absolute Gasteiger partial charge is 0.308 e. The van der Waals surface area contributed by atoms with Gasteiger partial charge in [-0.15, -0.1) is 0 Å². The molecule has 1 aliphatic heterocycles. The zero-order valence-corrected chi connectivity index (χ0v) is 24.7. The summed E-state index contributed by atoms with van der Waals surface area (Å²) >= 11 is 0. The standard InChI is InChI=1S/C31H51NO5/c1-21(2)12-9-13-22(3)14-10-15-23(4)16-11-18-31(8)19-17-27-28(20-32(34)35)29(36-26(7)33)24(5)25(6)30(27)37-31/h21-23H,9-20H2,1-8H3. The van der Waals surface area contributed by atoms with Crippen molar-refractivity contribution in [2.45, 2.75) is 138 Å². The molecule has 0 fully saturated rings. The van der Waals surface area contributed by atoms with Crippen LogP contribution in [0.2, 0.25) is 0 Å². The van der Waals surface area contributed by atoms with Crippen molar-refractivity contribution in [3.63, 3.8) is 0 Å². The number of hydrogen-bond donors (Lipinski definition) is 0. The van der Waals surface area contributed by atoms with Gasteiger partial charge in [-0.25, -0.2) is 0 Å². The number of nitrogens with zero attached hydrogens (tertiary/aromatic N) is 1. The zero-order chi connectivity index (χ0) is 27.8. The van der Waals surface area contributed by atoms with Crippen molar-refractivity contribution in [1.29, 1.82) is 0 Å². The van der Waals surface area contributed by atoms with E-state index < -0.39 is 5.97 Å². The average Bonchev–Trinajstić information content (AvgIpc) is 2.79. The SMILES string of the molecule is CC(=O)Oc1c(C)c(C)c2c(c1C[N+](=O)[O-])CCC(C)(CCCC(C)CCCC(C)CCCC(C)C)O2. The van der Waals surface area contributed by atoms with Crippen molar-refractivity contribution < 1.29 is 19.2 Å². The van der Waals surface area contributed by atoms with E-state index in [2.05, 4.69) is 34.6 Å². The summed E-state index contributed by atoms with van der Waals surface area (Å²) in [4.78, 5) is 22.8. The molecule has 37 heavy (non-hydrogen) atoms. The fourth-order valence-electron chi connectivity index (χ4n) is 5.71. The number of esters is 1. The molecule has 2 rings (SSSR count). The fraction of sp³-hybridized carbons (Fsp3) is 0.774. The lowest BCUT2D eigenvalue weighted by Crippen LogP contribution is -2.37. The van der Waals surface area contributed by atoms with Crippen LogP contribution in [0.15, 0.2) is 0 Å². The molecule has 0 aromatic heterocycles. The monoisotopic (exact) mass is 517 g/mol. The Morgan fingerprint density at radius 1 is 1.00 bits per heavy atom. The lowest BCUT2D eigenvalue weighted by Gasteiger charge is -2.38. The number of carbonyl (C=O) groups is 1. The first kappa shape index (κ1) is 31.1. The maximum Gasteiger partial charge on any atom is 0.308 e. The minimum Gasteiger partial charge on any atom is -0.487 e. The normalized spacial score (nSPS) is 18.7. The molecule has 1 aromatic rings. The van der Waals surface area contributed by atoms with E-state index in [-0.39, 0.29) is 17.1 Å². The second-order valence-electron chi connectivity index (χ2n) is 12.4. The van der Waals surface area contributed by atoms with Gasteiger partial charge in [-0.2, -0.15) is 0 Å². The second kappa shape index (κ2) is 14.2. The highest BCUT2D eigenvalue weighted by Crippen LogP contribution is 2.45. The molecule has 0 N–H and O–H groups in total. The van der Waals surface area contributed by atoms with Crippen LogP contribution in [0.1, 0.15) is 128 Å². The van der Waals surface area contributed by atoms with Crippen molar-refractivity contribution in [3.8, 4) is 11.5 Å². The highest BCUT2D eigenvalue weighted by atomic mass is 16.6. The molecule has 0 amide bonds. The third-order valence-corrected chi connectivity index (χ3v) is 8.22. The quantitative estimate of drug-likeness (QED) is 0.101. The Morgan fingerprint density at radius 3 is 2.11 bits per heavy atom. The van der Waals surface area contributed by atoms with Crippen LogP contribution in [0.3, 0.4) is 0 Å². The molecular formula is C31H51NO5. The van der Waals surface area contributed by atoms with Gasteiger partial charge in [0.1, 0.15) is 17.1 Å². The van der Waals surface area contributed by atoms with Crippen LogP contribution >= 0.6 is 0 Å².